The quantitative estimate of drug-likeness (QED) is 0.305. The largest absolute Gasteiger partial charge is 0.493 e. The SMILES string of the molecule is COc1ccc(CCn2cnc3c(c2=N)[C@H](c2ccccc2)c2c(C)nn(-c4ccccc4)c2O3)cc1OC. The molecule has 196 valence electrons. The lowest BCUT2D eigenvalue weighted by Gasteiger charge is -2.27. The lowest BCUT2D eigenvalue weighted by atomic mass is 9.84. The molecule has 8 heteroatoms. The number of nitrogens with zero attached hydrogens (tertiary/aromatic N) is 4. The highest BCUT2D eigenvalue weighted by Gasteiger charge is 2.37. The van der Waals surface area contributed by atoms with Crippen molar-refractivity contribution in [3.63, 3.8) is 0 Å². The predicted molar refractivity (Wildman–Crippen MR) is 147 cm³/mol. The minimum Gasteiger partial charge on any atom is -0.493 e. The predicted octanol–water partition coefficient (Wildman–Crippen LogP) is 5.40. The Kier molecular flexibility index (Phi) is 6.36. The van der Waals surface area contributed by atoms with Gasteiger partial charge in [0.05, 0.1) is 42.6 Å². The van der Waals surface area contributed by atoms with E-state index in [4.69, 9.17) is 24.3 Å². The Hall–Kier alpha value is -4.85. The molecule has 0 aliphatic carbocycles. The van der Waals surface area contributed by atoms with Crippen LogP contribution in [0.25, 0.3) is 5.69 Å². The van der Waals surface area contributed by atoms with Crippen molar-refractivity contribution in [2.45, 2.75) is 25.8 Å². The first-order valence-electron chi connectivity index (χ1n) is 12.8. The van der Waals surface area contributed by atoms with Crippen molar-refractivity contribution in [1.82, 2.24) is 19.3 Å². The van der Waals surface area contributed by atoms with Gasteiger partial charge in [0.1, 0.15) is 11.8 Å². The normalized spacial score (nSPS) is 13.8. The zero-order chi connectivity index (χ0) is 26.9. The van der Waals surface area contributed by atoms with Gasteiger partial charge in [-0.3, -0.25) is 5.41 Å². The van der Waals surface area contributed by atoms with E-state index >= 15 is 0 Å². The average Bonchev–Trinajstić information content (AvgIpc) is 3.32. The van der Waals surface area contributed by atoms with Crippen molar-refractivity contribution in [3.05, 3.63) is 119 Å². The molecule has 0 unspecified atom stereocenters. The first-order chi connectivity index (χ1) is 19.1. The van der Waals surface area contributed by atoms with Gasteiger partial charge < -0.3 is 18.8 Å². The zero-order valence-electron chi connectivity index (χ0n) is 22.1. The molecule has 3 heterocycles. The van der Waals surface area contributed by atoms with Crippen LogP contribution in [0.3, 0.4) is 0 Å². The van der Waals surface area contributed by atoms with Gasteiger partial charge in [-0.15, -0.1) is 0 Å². The fourth-order valence-electron chi connectivity index (χ4n) is 5.21. The summed E-state index contributed by atoms with van der Waals surface area (Å²) in [5.41, 5.74) is 5.96. The van der Waals surface area contributed by atoms with Gasteiger partial charge >= 0.3 is 0 Å². The lowest BCUT2D eigenvalue weighted by Crippen LogP contribution is -2.30. The Bertz CT molecular complexity index is 1690. The maximum absolute atomic E-state index is 9.27. The molecule has 8 nitrogen and oxygen atoms in total. The molecule has 5 aromatic rings. The number of aromatic nitrogens is 4. The third-order valence-corrected chi connectivity index (χ3v) is 7.14. The molecule has 3 aromatic carbocycles. The van der Waals surface area contributed by atoms with E-state index in [0.717, 1.165) is 33.6 Å². The summed E-state index contributed by atoms with van der Waals surface area (Å²) in [5, 5.41) is 14.1. The number of nitrogens with one attached hydrogen (secondary N) is 1. The van der Waals surface area contributed by atoms with Crippen molar-refractivity contribution in [3.8, 4) is 28.9 Å². The van der Waals surface area contributed by atoms with Crippen molar-refractivity contribution in [2.75, 3.05) is 14.2 Å². The van der Waals surface area contributed by atoms with E-state index in [1.165, 1.54) is 0 Å². The van der Waals surface area contributed by atoms with Crippen molar-refractivity contribution in [1.29, 1.82) is 5.41 Å². The standard InChI is InChI=1S/C31H29N5O3/c1-20-26-27(22-10-6-4-7-11-22)28-29(32)35(17-16-21-14-15-24(37-2)25(18-21)38-3)19-33-30(28)39-31(26)36(34-20)23-12-8-5-9-13-23/h4-15,18-19,27,32H,16-17H2,1-3H3/t27-/m1/s1. The molecular formula is C31H29N5O3. The van der Waals surface area contributed by atoms with E-state index in [1.54, 1.807) is 20.5 Å². The first-order valence-corrected chi connectivity index (χ1v) is 12.8. The lowest BCUT2D eigenvalue weighted by molar-refractivity contribution is 0.354. The Labute approximate surface area is 226 Å². The number of rotatable bonds is 7. The third kappa shape index (κ3) is 4.33. The van der Waals surface area contributed by atoms with Crippen LogP contribution in [0, 0.1) is 12.3 Å². The molecule has 0 saturated carbocycles. The number of hydrogen-bond acceptors (Lipinski definition) is 6. The topological polar surface area (TPSA) is 87.2 Å². The van der Waals surface area contributed by atoms with Crippen LogP contribution in [-0.4, -0.2) is 33.6 Å². The summed E-state index contributed by atoms with van der Waals surface area (Å²) in [6, 6.07) is 26.0. The number of fused-ring (bicyclic) bond motifs is 2. The van der Waals surface area contributed by atoms with Crippen molar-refractivity contribution in [2.24, 2.45) is 0 Å². The molecule has 0 saturated heterocycles. The molecule has 0 fully saturated rings. The van der Waals surface area contributed by atoms with Gasteiger partial charge in [-0.25, -0.2) is 9.67 Å². The highest BCUT2D eigenvalue weighted by molar-refractivity contribution is 5.57. The molecule has 0 spiro atoms. The first kappa shape index (κ1) is 24.5. The van der Waals surface area contributed by atoms with Crippen molar-refractivity contribution >= 4 is 0 Å². The maximum atomic E-state index is 9.27. The Morgan fingerprint density at radius 2 is 1.62 bits per heavy atom. The summed E-state index contributed by atoms with van der Waals surface area (Å²) >= 11 is 0. The molecule has 39 heavy (non-hydrogen) atoms. The number of para-hydroxylation sites is 1. The minimum absolute atomic E-state index is 0.240. The summed E-state index contributed by atoms with van der Waals surface area (Å²) in [6.07, 6.45) is 2.38. The van der Waals surface area contributed by atoms with Gasteiger partial charge in [-0.05, 0) is 48.7 Å². The molecule has 0 radical (unpaired) electrons. The number of hydrogen-bond donors (Lipinski definition) is 1. The van der Waals surface area contributed by atoms with Gasteiger partial charge in [0.2, 0.25) is 11.8 Å². The molecule has 6 rings (SSSR count). The second kappa shape index (κ2) is 10.1. The summed E-state index contributed by atoms with van der Waals surface area (Å²) in [5.74, 6) is 2.20. The third-order valence-electron chi connectivity index (χ3n) is 7.14. The van der Waals surface area contributed by atoms with Gasteiger partial charge in [0, 0.05) is 6.54 Å². The molecule has 1 atom stereocenters. The monoisotopic (exact) mass is 519 g/mol. The highest BCUT2D eigenvalue weighted by Crippen LogP contribution is 2.47. The Morgan fingerprint density at radius 1 is 0.897 bits per heavy atom. The second-order valence-electron chi connectivity index (χ2n) is 9.44. The van der Waals surface area contributed by atoms with Crippen LogP contribution in [-0.2, 0) is 13.0 Å². The zero-order valence-corrected chi connectivity index (χ0v) is 22.1. The van der Waals surface area contributed by atoms with Crippen LogP contribution in [0.4, 0.5) is 0 Å². The Morgan fingerprint density at radius 3 is 2.33 bits per heavy atom. The number of ether oxygens (including phenoxy) is 3. The number of methoxy groups -OCH3 is 2. The summed E-state index contributed by atoms with van der Waals surface area (Å²) in [6.45, 7) is 2.57. The molecule has 1 aliphatic rings. The van der Waals surface area contributed by atoms with Gasteiger partial charge in [-0.2, -0.15) is 5.10 Å². The number of aryl methyl sites for hydroxylation is 3. The second-order valence-corrected chi connectivity index (χ2v) is 9.44. The summed E-state index contributed by atoms with van der Waals surface area (Å²) in [4.78, 5) is 4.71. The van der Waals surface area contributed by atoms with Crippen LogP contribution in [0.15, 0.2) is 85.2 Å². The summed E-state index contributed by atoms with van der Waals surface area (Å²) < 4.78 is 20.9. The van der Waals surface area contributed by atoms with Gasteiger partial charge in [0.25, 0.3) is 0 Å². The fourth-order valence-corrected chi connectivity index (χ4v) is 5.21. The van der Waals surface area contributed by atoms with Crippen LogP contribution in [0.2, 0.25) is 0 Å². The van der Waals surface area contributed by atoms with E-state index in [0.29, 0.717) is 41.7 Å². The fraction of sp³-hybridized carbons (Fsp3) is 0.194. The van der Waals surface area contributed by atoms with Crippen LogP contribution in [0.1, 0.15) is 33.9 Å². The van der Waals surface area contributed by atoms with Crippen LogP contribution in [0.5, 0.6) is 23.3 Å². The molecular weight excluding hydrogens is 490 g/mol. The highest BCUT2D eigenvalue weighted by atomic mass is 16.5. The average molecular weight is 520 g/mol. The van der Waals surface area contributed by atoms with E-state index in [1.807, 2.05) is 82.9 Å². The van der Waals surface area contributed by atoms with E-state index in [-0.39, 0.29) is 5.92 Å². The summed E-state index contributed by atoms with van der Waals surface area (Å²) in [7, 11) is 3.26. The van der Waals surface area contributed by atoms with Gasteiger partial charge in [-0.1, -0.05) is 54.6 Å². The maximum Gasteiger partial charge on any atom is 0.230 e. The molecule has 0 amide bonds. The molecule has 2 aromatic heterocycles. The van der Waals surface area contributed by atoms with E-state index in [9.17, 15) is 5.41 Å². The van der Waals surface area contributed by atoms with E-state index in [2.05, 4.69) is 12.1 Å². The van der Waals surface area contributed by atoms with Gasteiger partial charge in [0.15, 0.2) is 11.5 Å². The number of benzene rings is 3. The smallest absolute Gasteiger partial charge is 0.230 e. The van der Waals surface area contributed by atoms with Crippen molar-refractivity contribution < 1.29 is 14.2 Å². The minimum atomic E-state index is -0.240. The van der Waals surface area contributed by atoms with Crippen LogP contribution < -0.4 is 19.7 Å². The Balaban J connectivity index is 1.43. The molecule has 1 aliphatic heterocycles. The van der Waals surface area contributed by atoms with E-state index < -0.39 is 0 Å². The van der Waals surface area contributed by atoms with Crippen LogP contribution >= 0.6 is 0 Å². The molecule has 1 N–H and O–H groups in total. The molecule has 0 bridgehead atoms.